The average Bonchev–Trinajstić information content (AvgIpc) is 2.22. The van der Waals surface area contributed by atoms with Crippen molar-refractivity contribution in [1.29, 1.82) is 0 Å². The van der Waals surface area contributed by atoms with E-state index in [9.17, 15) is 0 Å². The zero-order valence-corrected chi connectivity index (χ0v) is 10.6. The molecule has 0 aromatic heterocycles. The normalized spacial score (nSPS) is 9.67. The Kier molecular flexibility index (Phi) is 6.44. The van der Waals surface area contributed by atoms with Crippen LogP contribution in [0.3, 0.4) is 0 Å². The Bertz CT molecular complexity index is 343. The molecule has 15 heavy (non-hydrogen) atoms. The Labute approximate surface area is 94.3 Å². The fourth-order valence-corrected chi connectivity index (χ4v) is 1.17. The van der Waals surface area contributed by atoms with E-state index in [4.69, 9.17) is 0 Å². The van der Waals surface area contributed by atoms with Crippen LogP contribution in [0.25, 0.3) is 6.08 Å². The SMILES string of the molecule is C=C(C)/C=C\c1cc(C)ccc1C.CC. The average molecular weight is 202 g/mol. The maximum Gasteiger partial charge on any atom is -0.0225 e. The molecule has 0 unspecified atom stereocenters. The predicted octanol–water partition coefficient (Wildman–Crippen LogP) is 4.92. The van der Waals surface area contributed by atoms with Gasteiger partial charge in [0.15, 0.2) is 0 Å². The predicted molar refractivity (Wildman–Crippen MR) is 71.1 cm³/mol. The molecule has 0 aliphatic carbocycles. The van der Waals surface area contributed by atoms with Gasteiger partial charge in [-0.2, -0.15) is 0 Å². The van der Waals surface area contributed by atoms with Gasteiger partial charge < -0.3 is 0 Å². The lowest BCUT2D eigenvalue weighted by atomic mass is 10.0. The van der Waals surface area contributed by atoms with Crippen LogP contribution >= 0.6 is 0 Å². The van der Waals surface area contributed by atoms with Crippen LogP contribution in [0.15, 0.2) is 36.4 Å². The van der Waals surface area contributed by atoms with Crippen molar-refractivity contribution < 1.29 is 0 Å². The molecule has 0 heterocycles. The summed E-state index contributed by atoms with van der Waals surface area (Å²) in [6.07, 6.45) is 4.16. The molecule has 0 aliphatic heterocycles. The third-order valence-electron chi connectivity index (χ3n) is 1.98. The smallest absolute Gasteiger partial charge is 0.0225 e. The van der Waals surface area contributed by atoms with E-state index in [0.29, 0.717) is 0 Å². The monoisotopic (exact) mass is 202 g/mol. The third kappa shape index (κ3) is 5.21. The highest BCUT2D eigenvalue weighted by Gasteiger charge is 1.93. The van der Waals surface area contributed by atoms with Crippen LogP contribution in [0.4, 0.5) is 0 Å². The molecule has 82 valence electrons. The molecule has 1 aromatic carbocycles. The van der Waals surface area contributed by atoms with Gasteiger partial charge in [0.25, 0.3) is 0 Å². The van der Waals surface area contributed by atoms with E-state index < -0.39 is 0 Å². The summed E-state index contributed by atoms with van der Waals surface area (Å²) >= 11 is 0. The Balaban J connectivity index is 0.000000921. The molecule has 0 heteroatoms. The van der Waals surface area contributed by atoms with Gasteiger partial charge in [0.1, 0.15) is 0 Å². The quantitative estimate of drug-likeness (QED) is 0.597. The van der Waals surface area contributed by atoms with Crippen molar-refractivity contribution in [2.24, 2.45) is 0 Å². The fourth-order valence-electron chi connectivity index (χ4n) is 1.17. The minimum atomic E-state index is 1.08. The van der Waals surface area contributed by atoms with Crippen LogP contribution in [0.5, 0.6) is 0 Å². The Morgan fingerprint density at radius 1 is 1.20 bits per heavy atom. The topological polar surface area (TPSA) is 0 Å². The highest BCUT2D eigenvalue weighted by Crippen LogP contribution is 2.12. The first-order valence-corrected chi connectivity index (χ1v) is 5.50. The second kappa shape index (κ2) is 7.05. The molecule has 0 saturated heterocycles. The lowest BCUT2D eigenvalue weighted by Gasteiger charge is -2.01. The summed E-state index contributed by atoms with van der Waals surface area (Å²) in [7, 11) is 0. The van der Waals surface area contributed by atoms with E-state index in [0.717, 1.165) is 5.57 Å². The summed E-state index contributed by atoms with van der Waals surface area (Å²) in [5.41, 5.74) is 4.97. The Morgan fingerprint density at radius 2 is 1.80 bits per heavy atom. The van der Waals surface area contributed by atoms with E-state index >= 15 is 0 Å². The summed E-state index contributed by atoms with van der Waals surface area (Å²) in [6, 6.07) is 6.47. The minimum Gasteiger partial charge on any atom is -0.0961 e. The van der Waals surface area contributed by atoms with Crippen molar-refractivity contribution in [3.8, 4) is 0 Å². The summed E-state index contributed by atoms with van der Waals surface area (Å²) in [5, 5.41) is 0. The lowest BCUT2D eigenvalue weighted by molar-refractivity contribution is 1.37. The molecule has 0 fully saturated rings. The van der Waals surface area contributed by atoms with E-state index in [2.05, 4.69) is 44.7 Å². The first kappa shape index (κ1) is 13.7. The second-order valence-corrected chi connectivity index (χ2v) is 3.54. The maximum absolute atomic E-state index is 3.84. The molecular weight excluding hydrogens is 180 g/mol. The van der Waals surface area contributed by atoms with Crippen LogP contribution in [0, 0.1) is 13.8 Å². The van der Waals surface area contributed by atoms with E-state index in [1.54, 1.807) is 0 Å². The number of hydrogen-bond acceptors (Lipinski definition) is 0. The van der Waals surface area contributed by atoms with Crippen LogP contribution in [-0.2, 0) is 0 Å². The number of aryl methyl sites for hydroxylation is 2. The van der Waals surface area contributed by atoms with Gasteiger partial charge in [-0.05, 0) is 31.9 Å². The third-order valence-corrected chi connectivity index (χ3v) is 1.98. The van der Waals surface area contributed by atoms with Crippen molar-refractivity contribution in [1.82, 2.24) is 0 Å². The molecular formula is C15H22. The standard InChI is InChI=1S/C13H16.C2H6/c1-10(2)5-8-13-9-11(3)6-7-12(13)4;1-2/h5-9H,1H2,2-4H3;1-2H3/b8-5-;. The van der Waals surface area contributed by atoms with Gasteiger partial charge >= 0.3 is 0 Å². The molecule has 0 amide bonds. The van der Waals surface area contributed by atoms with Crippen molar-refractivity contribution >= 4 is 6.08 Å². The molecule has 0 saturated carbocycles. The Hall–Kier alpha value is -1.30. The molecule has 0 nitrogen and oxygen atoms in total. The number of rotatable bonds is 2. The van der Waals surface area contributed by atoms with Gasteiger partial charge in [0.2, 0.25) is 0 Å². The molecule has 0 aliphatic rings. The molecule has 0 atom stereocenters. The van der Waals surface area contributed by atoms with Gasteiger partial charge in [-0.25, -0.2) is 0 Å². The molecule has 1 aromatic rings. The highest BCUT2D eigenvalue weighted by atomic mass is 14.0. The van der Waals surface area contributed by atoms with Crippen LogP contribution in [0.2, 0.25) is 0 Å². The first-order valence-electron chi connectivity index (χ1n) is 5.50. The summed E-state index contributed by atoms with van der Waals surface area (Å²) in [6.45, 7) is 14.1. The fraction of sp³-hybridized carbons (Fsp3) is 0.333. The van der Waals surface area contributed by atoms with Crippen molar-refractivity contribution in [3.63, 3.8) is 0 Å². The molecule has 1 rings (SSSR count). The molecule has 0 radical (unpaired) electrons. The Morgan fingerprint density at radius 3 is 2.33 bits per heavy atom. The minimum absolute atomic E-state index is 1.08. The van der Waals surface area contributed by atoms with Crippen LogP contribution in [0.1, 0.15) is 37.5 Å². The van der Waals surface area contributed by atoms with Crippen LogP contribution in [-0.4, -0.2) is 0 Å². The second-order valence-electron chi connectivity index (χ2n) is 3.54. The van der Waals surface area contributed by atoms with Crippen molar-refractivity contribution in [2.75, 3.05) is 0 Å². The van der Waals surface area contributed by atoms with Crippen molar-refractivity contribution in [2.45, 2.75) is 34.6 Å². The molecule has 0 N–H and O–H groups in total. The van der Waals surface area contributed by atoms with E-state index in [-0.39, 0.29) is 0 Å². The summed E-state index contributed by atoms with van der Waals surface area (Å²) in [5.74, 6) is 0. The highest BCUT2D eigenvalue weighted by molar-refractivity contribution is 5.56. The number of hydrogen-bond donors (Lipinski definition) is 0. The van der Waals surface area contributed by atoms with Gasteiger partial charge in [0, 0.05) is 0 Å². The van der Waals surface area contributed by atoms with Gasteiger partial charge in [-0.1, -0.05) is 61.9 Å². The van der Waals surface area contributed by atoms with Gasteiger partial charge in [0.05, 0.1) is 0 Å². The molecule has 0 bridgehead atoms. The number of benzene rings is 1. The lowest BCUT2D eigenvalue weighted by Crippen LogP contribution is -1.81. The summed E-state index contributed by atoms with van der Waals surface area (Å²) < 4.78 is 0. The van der Waals surface area contributed by atoms with Gasteiger partial charge in [-0.3, -0.25) is 0 Å². The zero-order valence-electron chi connectivity index (χ0n) is 10.6. The van der Waals surface area contributed by atoms with E-state index in [1.165, 1.54) is 16.7 Å². The number of allylic oxidation sites excluding steroid dienone is 2. The van der Waals surface area contributed by atoms with E-state index in [1.807, 2.05) is 26.8 Å². The first-order chi connectivity index (χ1) is 7.09. The summed E-state index contributed by atoms with van der Waals surface area (Å²) in [4.78, 5) is 0. The van der Waals surface area contributed by atoms with Crippen molar-refractivity contribution in [3.05, 3.63) is 53.1 Å². The maximum atomic E-state index is 3.84. The largest absolute Gasteiger partial charge is 0.0961 e. The zero-order chi connectivity index (χ0) is 11.8. The molecule has 0 spiro atoms. The van der Waals surface area contributed by atoms with Crippen LogP contribution < -0.4 is 0 Å². The van der Waals surface area contributed by atoms with Gasteiger partial charge in [-0.15, -0.1) is 0 Å².